The minimum Gasteiger partial charge on any atom is -0.309 e. The maximum absolute atomic E-state index is 5.99. The van der Waals surface area contributed by atoms with Crippen LogP contribution in [0.15, 0.2) is 22.8 Å². The van der Waals surface area contributed by atoms with Crippen LogP contribution in [0.2, 0.25) is 0 Å². The molecule has 0 aromatic heterocycles. The third-order valence-electron chi connectivity index (χ3n) is 3.08. The van der Waals surface area contributed by atoms with E-state index in [1.54, 1.807) is 0 Å². The fourth-order valence-electron chi connectivity index (χ4n) is 2.10. The molecular formula is C13H23ClN2. The van der Waals surface area contributed by atoms with Crippen LogP contribution in [-0.4, -0.2) is 50.1 Å². The molecule has 1 rings (SSSR count). The van der Waals surface area contributed by atoms with E-state index >= 15 is 0 Å². The quantitative estimate of drug-likeness (QED) is 0.732. The SMILES string of the molecule is CC1=CC(Cl)=CCC1N(C)CCCN(C)C. The Bertz CT molecular complexity index is 282. The maximum atomic E-state index is 5.99. The molecular weight excluding hydrogens is 220 g/mol. The van der Waals surface area contributed by atoms with Gasteiger partial charge in [0.25, 0.3) is 0 Å². The van der Waals surface area contributed by atoms with Gasteiger partial charge in [-0.2, -0.15) is 0 Å². The fraction of sp³-hybridized carbons (Fsp3) is 0.692. The van der Waals surface area contributed by atoms with Crippen molar-refractivity contribution < 1.29 is 0 Å². The van der Waals surface area contributed by atoms with Crippen molar-refractivity contribution in [2.24, 2.45) is 0 Å². The van der Waals surface area contributed by atoms with Crippen LogP contribution in [0.1, 0.15) is 19.8 Å². The van der Waals surface area contributed by atoms with Crippen molar-refractivity contribution in [3.63, 3.8) is 0 Å². The molecule has 0 radical (unpaired) electrons. The summed E-state index contributed by atoms with van der Waals surface area (Å²) in [6, 6.07) is 0.532. The van der Waals surface area contributed by atoms with Crippen molar-refractivity contribution in [3.05, 3.63) is 22.8 Å². The summed E-state index contributed by atoms with van der Waals surface area (Å²) < 4.78 is 0. The van der Waals surface area contributed by atoms with Gasteiger partial charge in [-0.05, 0) is 60.1 Å². The summed E-state index contributed by atoms with van der Waals surface area (Å²) in [6.07, 6.45) is 6.45. The molecule has 1 atom stereocenters. The largest absolute Gasteiger partial charge is 0.309 e. The molecule has 0 fully saturated rings. The lowest BCUT2D eigenvalue weighted by Crippen LogP contribution is -2.35. The lowest BCUT2D eigenvalue weighted by atomic mass is 9.99. The van der Waals surface area contributed by atoms with Crippen molar-refractivity contribution in [3.8, 4) is 0 Å². The Balaban J connectivity index is 2.38. The normalized spacial score (nSPS) is 21.3. The van der Waals surface area contributed by atoms with E-state index in [-0.39, 0.29) is 0 Å². The first-order chi connectivity index (χ1) is 7.50. The molecule has 0 spiro atoms. The summed E-state index contributed by atoms with van der Waals surface area (Å²) in [5, 5.41) is 0.885. The highest BCUT2D eigenvalue weighted by Crippen LogP contribution is 2.23. The lowest BCUT2D eigenvalue weighted by Gasteiger charge is -2.30. The smallest absolute Gasteiger partial charge is 0.0366 e. The Morgan fingerprint density at radius 2 is 2.00 bits per heavy atom. The summed E-state index contributed by atoms with van der Waals surface area (Å²) in [4.78, 5) is 4.66. The van der Waals surface area contributed by atoms with Gasteiger partial charge < -0.3 is 4.90 Å². The molecule has 0 bridgehead atoms. The molecule has 92 valence electrons. The van der Waals surface area contributed by atoms with Gasteiger partial charge in [0.2, 0.25) is 0 Å². The Morgan fingerprint density at radius 3 is 2.56 bits per heavy atom. The minimum absolute atomic E-state index is 0.532. The second-order valence-corrected chi connectivity index (χ2v) is 5.30. The van der Waals surface area contributed by atoms with Crippen LogP contribution < -0.4 is 0 Å². The van der Waals surface area contributed by atoms with E-state index in [1.165, 1.54) is 12.0 Å². The van der Waals surface area contributed by atoms with Crippen LogP contribution in [0.25, 0.3) is 0 Å². The predicted octanol–water partition coefficient (Wildman–Crippen LogP) is 2.71. The van der Waals surface area contributed by atoms with Crippen LogP contribution in [0, 0.1) is 0 Å². The number of hydrogen-bond acceptors (Lipinski definition) is 2. The van der Waals surface area contributed by atoms with Crippen molar-refractivity contribution in [1.82, 2.24) is 9.80 Å². The van der Waals surface area contributed by atoms with Crippen molar-refractivity contribution in [2.45, 2.75) is 25.8 Å². The summed E-state index contributed by atoms with van der Waals surface area (Å²) >= 11 is 5.99. The van der Waals surface area contributed by atoms with Gasteiger partial charge in [-0.3, -0.25) is 4.90 Å². The molecule has 0 N–H and O–H groups in total. The van der Waals surface area contributed by atoms with Gasteiger partial charge in [-0.15, -0.1) is 0 Å². The van der Waals surface area contributed by atoms with Gasteiger partial charge in [0.05, 0.1) is 0 Å². The monoisotopic (exact) mass is 242 g/mol. The topological polar surface area (TPSA) is 6.48 Å². The molecule has 0 saturated heterocycles. The van der Waals surface area contributed by atoms with Crippen molar-refractivity contribution in [1.29, 1.82) is 0 Å². The van der Waals surface area contributed by atoms with Gasteiger partial charge in [0.1, 0.15) is 0 Å². The lowest BCUT2D eigenvalue weighted by molar-refractivity contribution is 0.252. The van der Waals surface area contributed by atoms with Gasteiger partial charge in [0.15, 0.2) is 0 Å². The van der Waals surface area contributed by atoms with Crippen LogP contribution in [0.5, 0.6) is 0 Å². The molecule has 0 aromatic rings. The number of halogens is 1. The fourth-order valence-corrected chi connectivity index (χ4v) is 2.36. The van der Waals surface area contributed by atoms with E-state index in [9.17, 15) is 0 Å². The third kappa shape index (κ3) is 4.28. The summed E-state index contributed by atoms with van der Waals surface area (Å²) in [5.74, 6) is 0. The highest BCUT2D eigenvalue weighted by Gasteiger charge is 2.18. The maximum Gasteiger partial charge on any atom is 0.0366 e. The molecule has 0 aromatic carbocycles. The Labute approximate surface area is 105 Å². The number of nitrogens with zero attached hydrogens (tertiary/aromatic N) is 2. The highest BCUT2D eigenvalue weighted by molar-refractivity contribution is 6.31. The molecule has 0 saturated carbocycles. The zero-order valence-corrected chi connectivity index (χ0v) is 11.6. The molecule has 0 amide bonds. The van der Waals surface area contributed by atoms with E-state index < -0.39 is 0 Å². The van der Waals surface area contributed by atoms with Crippen molar-refractivity contribution >= 4 is 11.6 Å². The van der Waals surface area contributed by atoms with Crippen molar-refractivity contribution in [2.75, 3.05) is 34.2 Å². The Kier molecular flexibility index (Phi) is 5.53. The molecule has 0 heterocycles. The second kappa shape index (κ2) is 6.43. The summed E-state index contributed by atoms with van der Waals surface area (Å²) in [7, 11) is 6.44. The molecule has 3 heteroatoms. The van der Waals surface area contributed by atoms with E-state index in [0.29, 0.717) is 6.04 Å². The zero-order valence-electron chi connectivity index (χ0n) is 10.8. The predicted molar refractivity (Wildman–Crippen MR) is 71.9 cm³/mol. The Hall–Kier alpha value is -0.310. The molecule has 1 aliphatic rings. The minimum atomic E-state index is 0.532. The van der Waals surface area contributed by atoms with Gasteiger partial charge >= 0.3 is 0 Å². The van der Waals surface area contributed by atoms with Gasteiger partial charge in [-0.1, -0.05) is 23.3 Å². The first kappa shape index (κ1) is 13.8. The number of rotatable bonds is 5. The van der Waals surface area contributed by atoms with E-state index in [0.717, 1.165) is 24.5 Å². The average molecular weight is 243 g/mol. The van der Waals surface area contributed by atoms with Crippen LogP contribution in [0.3, 0.4) is 0 Å². The van der Waals surface area contributed by atoms with Gasteiger partial charge in [0, 0.05) is 11.1 Å². The summed E-state index contributed by atoms with van der Waals surface area (Å²) in [6.45, 7) is 4.46. The van der Waals surface area contributed by atoms with Gasteiger partial charge in [-0.25, -0.2) is 0 Å². The second-order valence-electron chi connectivity index (χ2n) is 4.87. The third-order valence-corrected chi connectivity index (χ3v) is 3.34. The molecule has 1 unspecified atom stereocenters. The van der Waals surface area contributed by atoms with E-state index in [2.05, 4.69) is 50.0 Å². The van der Waals surface area contributed by atoms with Crippen LogP contribution in [0.4, 0.5) is 0 Å². The first-order valence-corrected chi connectivity index (χ1v) is 6.27. The summed E-state index contributed by atoms with van der Waals surface area (Å²) in [5.41, 5.74) is 1.37. The number of allylic oxidation sites excluding steroid dienone is 2. The number of likely N-dealkylation sites (N-methyl/N-ethyl adjacent to an activating group) is 1. The Morgan fingerprint density at radius 1 is 1.31 bits per heavy atom. The molecule has 0 aliphatic heterocycles. The molecule has 2 nitrogen and oxygen atoms in total. The average Bonchev–Trinajstić information content (AvgIpc) is 2.16. The van der Waals surface area contributed by atoms with E-state index in [4.69, 9.17) is 11.6 Å². The number of hydrogen-bond donors (Lipinski definition) is 0. The van der Waals surface area contributed by atoms with Crippen LogP contribution >= 0.6 is 11.6 Å². The molecule has 1 aliphatic carbocycles. The standard InChI is InChI=1S/C13H23ClN2/c1-11-10-12(14)6-7-13(11)16(4)9-5-8-15(2)3/h6,10,13H,5,7-9H2,1-4H3. The first-order valence-electron chi connectivity index (χ1n) is 5.89. The molecule has 16 heavy (non-hydrogen) atoms. The van der Waals surface area contributed by atoms with E-state index in [1.807, 2.05) is 0 Å². The zero-order chi connectivity index (χ0) is 12.1. The highest BCUT2D eigenvalue weighted by atomic mass is 35.5. The van der Waals surface area contributed by atoms with Crippen LogP contribution in [-0.2, 0) is 0 Å².